The van der Waals surface area contributed by atoms with Gasteiger partial charge in [-0.25, -0.2) is 0 Å². The van der Waals surface area contributed by atoms with E-state index in [0.29, 0.717) is 13.0 Å². The topological polar surface area (TPSA) is 72.5 Å². The number of carboxylic acid groups (broad SMARTS) is 1. The Morgan fingerprint density at radius 1 is 1.64 bits per heavy atom. The molecule has 0 bridgehead atoms. The summed E-state index contributed by atoms with van der Waals surface area (Å²) in [5, 5.41) is 8.38. The van der Waals surface area contributed by atoms with Gasteiger partial charge in [0.25, 0.3) is 0 Å². The van der Waals surface area contributed by atoms with E-state index in [4.69, 9.17) is 15.6 Å². The van der Waals surface area contributed by atoms with Crippen molar-refractivity contribution in [3.8, 4) is 0 Å². The number of carbonyl (C=O) groups is 1. The molecule has 66 valence electrons. The van der Waals surface area contributed by atoms with Gasteiger partial charge in [-0.15, -0.1) is 0 Å². The lowest BCUT2D eigenvalue weighted by Gasteiger charge is -2.04. The van der Waals surface area contributed by atoms with Crippen LogP contribution in [0, 0.1) is 0 Å². The molecule has 0 aliphatic heterocycles. The molecular formula is C7H15NO3. The predicted octanol–water partition coefficient (Wildman–Crippen LogP) is 0.215. The maximum atomic E-state index is 10.2. The maximum Gasteiger partial charge on any atom is 0.320 e. The van der Waals surface area contributed by atoms with E-state index in [-0.39, 0.29) is 0 Å². The largest absolute Gasteiger partial charge is 0.480 e. The number of carboxylic acids is 1. The molecule has 0 spiro atoms. The van der Waals surface area contributed by atoms with Gasteiger partial charge in [0.1, 0.15) is 6.04 Å². The lowest BCUT2D eigenvalue weighted by Crippen LogP contribution is -2.29. The van der Waals surface area contributed by atoms with Crippen molar-refractivity contribution in [3.63, 3.8) is 0 Å². The van der Waals surface area contributed by atoms with E-state index < -0.39 is 12.0 Å². The van der Waals surface area contributed by atoms with Gasteiger partial charge in [0.15, 0.2) is 0 Å². The molecule has 11 heavy (non-hydrogen) atoms. The molecular weight excluding hydrogens is 146 g/mol. The van der Waals surface area contributed by atoms with Crippen molar-refractivity contribution in [2.45, 2.75) is 25.3 Å². The van der Waals surface area contributed by atoms with Crippen molar-refractivity contribution in [2.24, 2.45) is 5.73 Å². The molecule has 4 nitrogen and oxygen atoms in total. The molecule has 0 aliphatic rings. The van der Waals surface area contributed by atoms with Gasteiger partial charge < -0.3 is 15.6 Å². The quantitative estimate of drug-likeness (QED) is 0.546. The summed E-state index contributed by atoms with van der Waals surface area (Å²) in [5.41, 5.74) is 5.26. The van der Waals surface area contributed by atoms with E-state index in [0.717, 1.165) is 12.8 Å². The Bertz CT molecular complexity index is 116. The summed E-state index contributed by atoms with van der Waals surface area (Å²) in [7, 11) is 1.62. The Morgan fingerprint density at radius 3 is 2.73 bits per heavy atom. The molecule has 0 saturated carbocycles. The Morgan fingerprint density at radius 2 is 2.27 bits per heavy atom. The van der Waals surface area contributed by atoms with Crippen LogP contribution in [-0.4, -0.2) is 30.8 Å². The highest BCUT2D eigenvalue weighted by molar-refractivity contribution is 5.72. The van der Waals surface area contributed by atoms with E-state index in [1.54, 1.807) is 7.11 Å². The van der Waals surface area contributed by atoms with Gasteiger partial charge in [0.2, 0.25) is 0 Å². The summed E-state index contributed by atoms with van der Waals surface area (Å²) in [6, 6.07) is -0.716. The van der Waals surface area contributed by atoms with Crippen molar-refractivity contribution < 1.29 is 14.6 Å². The first-order valence-electron chi connectivity index (χ1n) is 3.65. The molecule has 0 aromatic heterocycles. The Kier molecular flexibility index (Phi) is 5.78. The van der Waals surface area contributed by atoms with Crippen LogP contribution in [0.25, 0.3) is 0 Å². The minimum absolute atomic E-state index is 0.526. The molecule has 0 heterocycles. The Hall–Kier alpha value is -0.610. The fraction of sp³-hybridized carbons (Fsp3) is 0.857. The second-order valence-electron chi connectivity index (χ2n) is 2.43. The van der Waals surface area contributed by atoms with Crippen LogP contribution in [0.15, 0.2) is 0 Å². The van der Waals surface area contributed by atoms with Crippen LogP contribution in [0.1, 0.15) is 19.3 Å². The number of hydrogen-bond donors (Lipinski definition) is 2. The standard InChI is InChI=1S/C7H15NO3/c1-11-5-3-2-4-6(8)7(9)10/h6H,2-5,8H2,1H3,(H,9,10). The number of nitrogens with two attached hydrogens (primary N) is 1. The van der Waals surface area contributed by atoms with Crippen molar-refractivity contribution >= 4 is 5.97 Å². The zero-order chi connectivity index (χ0) is 8.69. The smallest absolute Gasteiger partial charge is 0.320 e. The first-order chi connectivity index (χ1) is 5.18. The van der Waals surface area contributed by atoms with Gasteiger partial charge in [0.05, 0.1) is 0 Å². The number of aliphatic carboxylic acids is 1. The first kappa shape index (κ1) is 10.4. The van der Waals surface area contributed by atoms with Gasteiger partial charge in [-0.2, -0.15) is 0 Å². The highest BCUT2D eigenvalue weighted by atomic mass is 16.5. The van der Waals surface area contributed by atoms with Crippen molar-refractivity contribution in [1.29, 1.82) is 0 Å². The van der Waals surface area contributed by atoms with Crippen molar-refractivity contribution in [2.75, 3.05) is 13.7 Å². The van der Waals surface area contributed by atoms with Gasteiger partial charge in [-0.3, -0.25) is 4.79 Å². The van der Waals surface area contributed by atoms with Crippen LogP contribution < -0.4 is 5.73 Å². The average Bonchev–Trinajstić information content (AvgIpc) is 1.97. The van der Waals surface area contributed by atoms with E-state index in [1.165, 1.54) is 0 Å². The van der Waals surface area contributed by atoms with Crippen LogP contribution >= 0.6 is 0 Å². The summed E-state index contributed by atoms with van der Waals surface area (Å²) in [6.07, 6.45) is 2.21. The number of hydrogen-bond acceptors (Lipinski definition) is 3. The normalized spacial score (nSPS) is 12.9. The second kappa shape index (κ2) is 6.12. The van der Waals surface area contributed by atoms with Gasteiger partial charge in [-0.1, -0.05) is 0 Å². The molecule has 1 unspecified atom stereocenters. The lowest BCUT2D eigenvalue weighted by molar-refractivity contribution is -0.138. The third kappa shape index (κ3) is 5.82. The molecule has 0 aliphatic carbocycles. The first-order valence-corrected chi connectivity index (χ1v) is 3.65. The van der Waals surface area contributed by atoms with Crippen molar-refractivity contribution in [1.82, 2.24) is 0 Å². The monoisotopic (exact) mass is 161 g/mol. The average molecular weight is 161 g/mol. The zero-order valence-corrected chi connectivity index (χ0v) is 6.75. The zero-order valence-electron chi connectivity index (χ0n) is 6.75. The van der Waals surface area contributed by atoms with Crippen LogP contribution in [0.4, 0.5) is 0 Å². The molecule has 0 rings (SSSR count). The van der Waals surface area contributed by atoms with E-state index in [1.807, 2.05) is 0 Å². The number of unbranched alkanes of at least 4 members (excludes halogenated alkanes) is 1. The van der Waals surface area contributed by atoms with Crippen molar-refractivity contribution in [3.05, 3.63) is 0 Å². The van der Waals surface area contributed by atoms with E-state index in [9.17, 15) is 4.79 Å². The SMILES string of the molecule is COCCCCC(N)C(=O)O. The van der Waals surface area contributed by atoms with Gasteiger partial charge in [0, 0.05) is 13.7 Å². The molecule has 0 fully saturated rings. The summed E-state index contributed by atoms with van der Waals surface area (Å²) in [5.74, 6) is -0.928. The number of ether oxygens (including phenoxy) is 1. The minimum atomic E-state index is -0.928. The molecule has 0 aromatic carbocycles. The molecule has 4 heteroatoms. The molecule has 0 radical (unpaired) electrons. The molecule has 0 aromatic rings. The highest BCUT2D eigenvalue weighted by Crippen LogP contribution is 1.98. The fourth-order valence-electron chi connectivity index (χ4n) is 0.734. The maximum absolute atomic E-state index is 10.2. The van der Waals surface area contributed by atoms with Crippen LogP contribution in [-0.2, 0) is 9.53 Å². The summed E-state index contributed by atoms with van der Waals surface area (Å²) < 4.78 is 4.80. The third-order valence-electron chi connectivity index (χ3n) is 1.43. The van der Waals surface area contributed by atoms with Gasteiger partial charge in [-0.05, 0) is 19.3 Å². The molecule has 1 atom stereocenters. The minimum Gasteiger partial charge on any atom is -0.480 e. The Labute approximate surface area is 66.3 Å². The summed E-state index contributed by atoms with van der Waals surface area (Å²) >= 11 is 0. The summed E-state index contributed by atoms with van der Waals surface area (Å²) in [6.45, 7) is 0.673. The number of methoxy groups -OCH3 is 1. The molecule has 0 amide bonds. The lowest BCUT2D eigenvalue weighted by atomic mass is 10.1. The van der Waals surface area contributed by atoms with Crippen LogP contribution in [0.5, 0.6) is 0 Å². The molecule has 0 saturated heterocycles. The fourth-order valence-corrected chi connectivity index (χ4v) is 0.734. The van der Waals surface area contributed by atoms with E-state index in [2.05, 4.69) is 0 Å². The predicted molar refractivity (Wildman–Crippen MR) is 41.3 cm³/mol. The molecule has 3 N–H and O–H groups in total. The van der Waals surface area contributed by atoms with E-state index >= 15 is 0 Å². The van der Waals surface area contributed by atoms with Crippen LogP contribution in [0.3, 0.4) is 0 Å². The van der Waals surface area contributed by atoms with Crippen LogP contribution in [0.2, 0.25) is 0 Å². The van der Waals surface area contributed by atoms with Gasteiger partial charge >= 0.3 is 5.97 Å². The number of rotatable bonds is 6. The second-order valence-corrected chi connectivity index (χ2v) is 2.43. The Balaban J connectivity index is 3.17. The third-order valence-corrected chi connectivity index (χ3v) is 1.43. The summed E-state index contributed by atoms with van der Waals surface area (Å²) in [4.78, 5) is 10.2. The highest BCUT2D eigenvalue weighted by Gasteiger charge is 2.09.